The first-order valence-corrected chi connectivity index (χ1v) is 11.3. The number of pyridine rings is 2. The third-order valence-corrected chi connectivity index (χ3v) is 5.84. The number of benzene rings is 2. The Hall–Kier alpha value is -5.05. The van der Waals surface area contributed by atoms with Gasteiger partial charge in [0.2, 0.25) is 5.43 Å². The fourth-order valence-electron chi connectivity index (χ4n) is 3.98. The number of amides is 1. The summed E-state index contributed by atoms with van der Waals surface area (Å²) in [4.78, 5) is 33.2. The topological polar surface area (TPSA) is 116 Å². The van der Waals surface area contributed by atoms with Crippen LogP contribution in [0.15, 0.2) is 82.5 Å². The number of aromatic amines is 1. The molecule has 0 aliphatic heterocycles. The van der Waals surface area contributed by atoms with Gasteiger partial charge in [0.1, 0.15) is 22.8 Å². The molecule has 0 atom stereocenters. The molecule has 0 spiro atoms. The van der Waals surface area contributed by atoms with Crippen LogP contribution in [-0.4, -0.2) is 30.1 Å². The number of nitrogens with zero attached hydrogens (tertiary/aromatic N) is 1. The second kappa shape index (κ2) is 9.90. The number of anilines is 1. The number of hydrogen-bond donors (Lipinski definition) is 2. The number of ether oxygens (including phenoxy) is 3. The van der Waals surface area contributed by atoms with E-state index in [0.717, 1.165) is 5.39 Å². The summed E-state index contributed by atoms with van der Waals surface area (Å²) in [5, 5.41) is 3.51. The standard InChI is InChI=1S/C28H23N3O6/c1-16-26(23-5-4-12-36-23)27(32)20(15-30-16)28(33)31-17-6-8-18(9-7-17)37-22-10-11-29-21-14-25(35-3)24(34-2)13-19(21)22/h4-15H,1-3H3,(H,30,32)(H,31,33). The Kier molecular flexibility index (Phi) is 6.34. The number of hydrogen-bond acceptors (Lipinski definition) is 7. The highest BCUT2D eigenvalue weighted by Crippen LogP contribution is 2.37. The van der Waals surface area contributed by atoms with Crippen LogP contribution in [-0.2, 0) is 0 Å². The lowest BCUT2D eigenvalue weighted by Gasteiger charge is -2.13. The SMILES string of the molecule is COc1cc2nccc(Oc3ccc(NC(=O)c4c[nH]c(C)c(-c5ccco5)c4=O)cc3)c2cc1OC. The smallest absolute Gasteiger partial charge is 0.261 e. The molecule has 0 radical (unpaired) electrons. The number of H-pyrrole nitrogens is 1. The predicted molar refractivity (Wildman–Crippen MR) is 139 cm³/mol. The summed E-state index contributed by atoms with van der Waals surface area (Å²) in [6.07, 6.45) is 4.52. The number of aryl methyl sites for hydroxylation is 1. The minimum atomic E-state index is -0.538. The molecule has 0 saturated heterocycles. The zero-order valence-electron chi connectivity index (χ0n) is 20.3. The minimum absolute atomic E-state index is 0.0232. The molecule has 9 heteroatoms. The van der Waals surface area contributed by atoms with Gasteiger partial charge in [0, 0.05) is 35.2 Å². The average Bonchev–Trinajstić information content (AvgIpc) is 3.43. The van der Waals surface area contributed by atoms with Gasteiger partial charge in [-0.05, 0) is 55.5 Å². The summed E-state index contributed by atoms with van der Waals surface area (Å²) in [5.41, 5.74) is 1.68. The van der Waals surface area contributed by atoms with E-state index in [4.69, 9.17) is 18.6 Å². The highest BCUT2D eigenvalue weighted by atomic mass is 16.5. The van der Waals surface area contributed by atoms with Crippen molar-refractivity contribution in [3.05, 3.63) is 94.7 Å². The third-order valence-electron chi connectivity index (χ3n) is 5.84. The second-order valence-electron chi connectivity index (χ2n) is 8.12. The van der Waals surface area contributed by atoms with Crippen LogP contribution in [0, 0.1) is 6.92 Å². The lowest BCUT2D eigenvalue weighted by molar-refractivity contribution is 0.102. The van der Waals surface area contributed by atoms with Gasteiger partial charge in [-0.2, -0.15) is 0 Å². The van der Waals surface area contributed by atoms with Gasteiger partial charge >= 0.3 is 0 Å². The first kappa shape index (κ1) is 23.7. The summed E-state index contributed by atoms with van der Waals surface area (Å²) in [5.74, 6) is 2.13. The first-order valence-electron chi connectivity index (χ1n) is 11.3. The monoisotopic (exact) mass is 497 g/mol. The fraction of sp³-hybridized carbons (Fsp3) is 0.107. The Morgan fingerprint density at radius 1 is 1.00 bits per heavy atom. The summed E-state index contributed by atoms with van der Waals surface area (Å²) in [7, 11) is 3.13. The second-order valence-corrected chi connectivity index (χ2v) is 8.12. The molecule has 0 unspecified atom stereocenters. The van der Waals surface area contributed by atoms with E-state index in [0.29, 0.717) is 51.2 Å². The Balaban J connectivity index is 1.36. The van der Waals surface area contributed by atoms with Gasteiger partial charge in [-0.1, -0.05) is 0 Å². The van der Waals surface area contributed by atoms with Gasteiger partial charge in [0.05, 0.1) is 31.6 Å². The number of methoxy groups -OCH3 is 2. The molecular weight excluding hydrogens is 474 g/mol. The Bertz CT molecular complexity index is 1640. The molecule has 186 valence electrons. The predicted octanol–water partition coefficient (Wildman–Crippen LogP) is 5.55. The average molecular weight is 498 g/mol. The maximum Gasteiger partial charge on any atom is 0.261 e. The van der Waals surface area contributed by atoms with Crippen molar-refractivity contribution in [2.45, 2.75) is 6.92 Å². The highest BCUT2D eigenvalue weighted by Gasteiger charge is 2.18. The third kappa shape index (κ3) is 4.62. The number of carbonyl (C=O) groups is 1. The van der Waals surface area contributed by atoms with E-state index < -0.39 is 11.3 Å². The maximum absolute atomic E-state index is 13.0. The molecule has 9 nitrogen and oxygen atoms in total. The van der Waals surface area contributed by atoms with E-state index in [1.54, 1.807) is 81.9 Å². The van der Waals surface area contributed by atoms with Crippen molar-refractivity contribution in [1.29, 1.82) is 0 Å². The molecule has 2 N–H and O–H groups in total. The molecule has 2 aromatic carbocycles. The van der Waals surface area contributed by atoms with Crippen molar-refractivity contribution in [1.82, 2.24) is 9.97 Å². The van der Waals surface area contributed by atoms with E-state index in [1.807, 2.05) is 0 Å². The van der Waals surface area contributed by atoms with Gasteiger partial charge in [-0.15, -0.1) is 0 Å². The largest absolute Gasteiger partial charge is 0.493 e. The maximum atomic E-state index is 13.0. The molecular formula is C28H23N3O6. The van der Waals surface area contributed by atoms with E-state index in [1.165, 1.54) is 12.5 Å². The zero-order chi connectivity index (χ0) is 25.9. The van der Waals surface area contributed by atoms with Crippen LogP contribution in [0.3, 0.4) is 0 Å². The molecule has 0 aliphatic carbocycles. The molecule has 1 amide bonds. The van der Waals surface area contributed by atoms with Gasteiger partial charge in [0.15, 0.2) is 11.5 Å². The quantitative estimate of drug-likeness (QED) is 0.303. The van der Waals surface area contributed by atoms with Crippen LogP contribution in [0.4, 0.5) is 5.69 Å². The van der Waals surface area contributed by atoms with Gasteiger partial charge in [-0.25, -0.2) is 0 Å². The van der Waals surface area contributed by atoms with Crippen LogP contribution in [0.25, 0.3) is 22.2 Å². The summed E-state index contributed by atoms with van der Waals surface area (Å²) in [6, 6.07) is 15.5. The number of fused-ring (bicyclic) bond motifs is 1. The van der Waals surface area contributed by atoms with Crippen LogP contribution >= 0.6 is 0 Å². The number of nitrogens with one attached hydrogen (secondary N) is 2. The number of furan rings is 1. The van der Waals surface area contributed by atoms with Crippen molar-refractivity contribution < 1.29 is 23.4 Å². The number of rotatable bonds is 7. The van der Waals surface area contributed by atoms with Crippen LogP contribution in [0.2, 0.25) is 0 Å². The molecule has 5 rings (SSSR count). The van der Waals surface area contributed by atoms with Crippen molar-refractivity contribution in [2.24, 2.45) is 0 Å². The van der Waals surface area contributed by atoms with Gasteiger partial charge in [-0.3, -0.25) is 14.6 Å². The Morgan fingerprint density at radius 3 is 2.46 bits per heavy atom. The Morgan fingerprint density at radius 2 is 1.76 bits per heavy atom. The van der Waals surface area contributed by atoms with Crippen molar-refractivity contribution in [3.63, 3.8) is 0 Å². The van der Waals surface area contributed by atoms with Crippen LogP contribution in [0.1, 0.15) is 16.1 Å². The molecule has 5 aromatic rings. The van der Waals surface area contributed by atoms with Gasteiger partial charge < -0.3 is 28.9 Å². The highest BCUT2D eigenvalue weighted by molar-refractivity contribution is 6.04. The fourth-order valence-corrected chi connectivity index (χ4v) is 3.98. The number of aromatic nitrogens is 2. The molecule has 37 heavy (non-hydrogen) atoms. The number of carbonyl (C=O) groups excluding carboxylic acids is 1. The molecule has 3 heterocycles. The summed E-state index contributed by atoms with van der Waals surface area (Å²) < 4.78 is 22.2. The molecule has 0 bridgehead atoms. The molecule has 3 aromatic heterocycles. The lowest BCUT2D eigenvalue weighted by Crippen LogP contribution is -2.23. The van der Waals surface area contributed by atoms with E-state index in [-0.39, 0.29) is 5.56 Å². The van der Waals surface area contributed by atoms with E-state index in [9.17, 15) is 9.59 Å². The first-order chi connectivity index (χ1) is 18.0. The lowest BCUT2D eigenvalue weighted by atomic mass is 10.1. The van der Waals surface area contributed by atoms with Crippen molar-refractivity contribution in [2.75, 3.05) is 19.5 Å². The van der Waals surface area contributed by atoms with Crippen LogP contribution < -0.4 is 25.0 Å². The van der Waals surface area contributed by atoms with E-state index >= 15 is 0 Å². The minimum Gasteiger partial charge on any atom is -0.493 e. The van der Waals surface area contributed by atoms with Crippen LogP contribution in [0.5, 0.6) is 23.0 Å². The normalized spacial score (nSPS) is 10.8. The van der Waals surface area contributed by atoms with E-state index in [2.05, 4.69) is 15.3 Å². The zero-order valence-corrected chi connectivity index (χ0v) is 20.3. The summed E-state index contributed by atoms with van der Waals surface area (Å²) >= 11 is 0. The summed E-state index contributed by atoms with van der Waals surface area (Å²) in [6.45, 7) is 1.75. The molecule has 0 aliphatic rings. The van der Waals surface area contributed by atoms with Gasteiger partial charge in [0.25, 0.3) is 5.91 Å². The van der Waals surface area contributed by atoms with Crippen molar-refractivity contribution >= 4 is 22.5 Å². The van der Waals surface area contributed by atoms with Crippen molar-refractivity contribution in [3.8, 4) is 34.3 Å². The Labute approximate surface area is 211 Å². The molecule has 0 fully saturated rings. The molecule has 0 saturated carbocycles.